The number of aromatic nitrogens is 2. The molecule has 0 saturated carbocycles. The highest BCUT2D eigenvalue weighted by molar-refractivity contribution is 5.96. The number of aryl methyl sites for hydroxylation is 3. The number of anilines is 1. The fraction of sp³-hybridized carbons (Fsp3) is 0.346. The lowest BCUT2D eigenvalue weighted by atomic mass is 9.96. The van der Waals surface area contributed by atoms with Crippen LogP contribution in [0.1, 0.15) is 40.2 Å². The molecular weight excluding hydrogens is 416 g/mol. The Hall–Kier alpha value is -3.61. The molecule has 0 aliphatic carbocycles. The van der Waals surface area contributed by atoms with Crippen molar-refractivity contribution in [3.05, 3.63) is 77.4 Å². The number of piperidine rings is 1. The lowest BCUT2D eigenvalue weighted by Crippen LogP contribution is -2.43. The van der Waals surface area contributed by atoms with Crippen LogP contribution in [0.2, 0.25) is 0 Å². The van der Waals surface area contributed by atoms with Gasteiger partial charge in [0, 0.05) is 43.8 Å². The molecule has 4 rings (SSSR count). The zero-order valence-electron chi connectivity index (χ0n) is 19.4. The van der Waals surface area contributed by atoms with Crippen LogP contribution in [0.3, 0.4) is 0 Å². The first kappa shape index (κ1) is 22.6. The molecule has 0 spiro atoms. The molecule has 33 heavy (non-hydrogen) atoms. The normalized spacial score (nSPS) is 15.8. The minimum Gasteiger partial charge on any atom is -0.486 e. The largest absolute Gasteiger partial charge is 0.486 e. The van der Waals surface area contributed by atoms with Gasteiger partial charge in [-0.05, 0) is 63.1 Å². The van der Waals surface area contributed by atoms with Crippen molar-refractivity contribution >= 4 is 17.5 Å². The van der Waals surface area contributed by atoms with E-state index in [2.05, 4.69) is 16.4 Å². The Bertz CT molecular complexity index is 1120. The molecule has 1 saturated heterocycles. The van der Waals surface area contributed by atoms with E-state index in [1.54, 1.807) is 11.1 Å². The average molecular weight is 447 g/mol. The molecule has 1 N–H and O–H groups in total. The Morgan fingerprint density at radius 2 is 1.85 bits per heavy atom. The van der Waals surface area contributed by atoms with Gasteiger partial charge in [0.05, 0.1) is 5.92 Å². The summed E-state index contributed by atoms with van der Waals surface area (Å²) in [6, 6.07) is 13.2. The standard InChI is InChI=1S/C26H30N4O3/c1-18-13-19(2)15-21(14-18)26(32)30-11-4-5-20(16-30)25(31)28-22-6-8-23(9-7-22)33-17-24-27-10-12-29(24)3/h6-10,12-15,20H,4-5,11,16-17H2,1-3H3,(H,28,31). The topological polar surface area (TPSA) is 76.5 Å². The smallest absolute Gasteiger partial charge is 0.253 e. The molecule has 2 amide bonds. The number of hydrogen-bond acceptors (Lipinski definition) is 4. The van der Waals surface area contributed by atoms with Gasteiger partial charge in [0.25, 0.3) is 5.91 Å². The minimum atomic E-state index is -0.229. The summed E-state index contributed by atoms with van der Waals surface area (Å²) in [5.74, 6) is 1.25. The Morgan fingerprint density at radius 1 is 1.12 bits per heavy atom. The van der Waals surface area contributed by atoms with E-state index in [4.69, 9.17) is 4.74 Å². The Kier molecular flexibility index (Phi) is 6.77. The number of amides is 2. The van der Waals surface area contributed by atoms with Crippen molar-refractivity contribution in [2.45, 2.75) is 33.3 Å². The first-order chi connectivity index (χ1) is 15.9. The van der Waals surface area contributed by atoms with Crippen molar-refractivity contribution < 1.29 is 14.3 Å². The van der Waals surface area contributed by atoms with Crippen molar-refractivity contribution in [1.29, 1.82) is 0 Å². The van der Waals surface area contributed by atoms with Crippen LogP contribution in [0.25, 0.3) is 0 Å². The van der Waals surface area contributed by atoms with Crippen LogP contribution >= 0.6 is 0 Å². The zero-order valence-corrected chi connectivity index (χ0v) is 19.4. The third-order valence-electron chi connectivity index (χ3n) is 5.96. The number of nitrogens with one attached hydrogen (secondary N) is 1. The fourth-order valence-corrected chi connectivity index (χ4v) is 4.22. The van der Waals surface area contributed by atoms with Gasteiger partial charge in [-0.1, -0.05) is 17.2 Å². The van der Waals surface area contributed by atoms with Crippen LogP contribution in [0.4, 0.5) is 5.69 Å². The molecule has 7 nitrogen and oxygen atoms in total. The highest BCUT2D eigenvalue weighted by Crippen LogP contribution is 2.23. The van der Waals surface area contributed by atoms with Crippen molar-refractivity contribution in [3.8, 4) is 5.75 Å². The summed E-state index contributed by atoms with van der Waals surface area (Å²) < 4.78 is 7.68. The maximum atomic E-state index is 13.0. The molecule has 0 bridgehead atoms. The number of ether oxygens (including phenoxy) is 1. The predicted octanol–water partition coefficient (Wildman–Crippen LogP) is 4.11. The average Bonchev–Trinajstić information content (AvgIpc) is 3.22. The van der Waals surface area contributed by atoms with Gasteiger partial charge >= 0.3 is 0 Å². The fourth-order valence-electron chi connectivity index (χ4n) is 4.22. The molecule has 1 aliphatic heterocycles. The number of likely N-dealkylation sites (tertiary alicyclic amines) is 1. The van der Waals surface area contributed by atoms with Crippen LogP contribution in [-0.2, 0) is 18.4 Å². The molecule has 1 atom stereocenters. The van der Waals surface area contributed by atoms with E-state index in [1.807, 2.05) is 68.1 Å². The molecular formula is C26H30N4O3. The quantitative estimate of drug-likeness (QED) is 0.618. The number of imidazole rings is 1. The molecule has 3 aromatic rings. The monoisotopic (exact) mass is 446 g/mol. The van der Waals surface area contributed by atoms with Gasteiger partial charge in [-0.3, -0.25) is 9.59 Å². The van der Waals surface area contributed by atoms with E-state index in [1.165, 1.54) is 0 Å². The van der Waals surface area contributed by atoms with Crippen LogP contribution < -0.4 is 10.1 Å². The molecule has 1 aliphatic rings. The lowest BCUT2D eigenvalue weighted by Gasteiger charge is -2.32. The van der Waals surface area contributed by atoms with Crippen LogP contribution in [0, 0.1) is 19.8 Å². The van der Waals surface area contributed by atoms with Gasteiger partial charge in [0.2, 0.25) is 5.91 Å². The van der Waals surface area contributed by atoms with Crippen LogP contribution in [0.5, 0.6) is 5.75 Å². The van der Waals surface area contributed by atoms with Crippen molar-refractivity contribution in [1.82, 2.24) is 14.5 Å². The van der Waals surface area contributed by atoms with Gasteiger partial charge in [-0.15, -0.1) is 0 Å². The van der Waals surface area contributed by atoms with Crippen molar-refractivity contribution in [2.75, 3.05) is 18.4 Å². The Labute approximate surface area is 194 Å². The number of benzene rings is 2. The van der Waals surface area contributed by atoms with Gasteiger partial charge < -0.3 is 19.5 Å². The first-order valence-corrected chi connectivity index (χ1v) is 11.3. The van der Waals surface area contributed by atoms with E-state index in [-0.39, 0.29) is 17.7 Å². The predicted molar refractivity (Wildman–Crippen MR) is 127 cm³/mol. The molecule has 172 valence electrons. The highest BCUT2D eigenvalue weighted by Gasteiger charge is 2.29. The number of carbonyl (C=O) groups is 2. The molecule has 7 heteroatoms. The van der Waals surface area contributed by atoms with Crippen LogP contribution in [-0.4, -0.2) is 39.4 Å². The van der Waals surface area contributed by atoms with Gasteiger partial charge in [0.1, 0.15) is 18.2 Å². The molecule has 2 aromatic carbocycles. The summed E-state index contributed by atoms with van der Waals surface area (Å²) in [5.41, 5.74) is 3.53. The van der Waals surface area contributed by atoms with E-state index < -0.39 is 0 Å². The lowest BCUT2D eigenvalue weighted by molar-refractivity contribution is -0.121. The van der Waals surface area contributed by atoms with Crippen molar-refractivity contribution in [2.24, 2.45) is 13.0 Å². The van der Waals surface area contributed by atoms with Crippen LogP contribution in [0.15, 0.2) is 54.9 Å². The second-order valence-electron chi connectivity index (χ2n) is 8.72. The molecule has 1 fully saturated rings. The summed E-state index contributed by atoms with van der Waals surface area (Å²) in [5, 5.41) is 2.99. The summed E-state index contributed by atoms with van der Waals surface area (Å²) in [4.78, 5) is 31.9. The molecule has 0 radical (unpaired) electrons. The second kappa shape index (κ2) is 9.90. The second-order valence-corrected chi connectivity index (χ2v) is 8.72. The summed E-state index contributed by atoms with van der Waals surface area (Å²) in [6.45, 7) is 5.47. The van der Waals surface area contributed by atoms with E-state index in [0.717, 1.165) is 29.8 Å². The third kappa shape index (κ3) is 5.61. The Balaban J connectivity index is 1.33. The number of carbonyl (C=O) groups excluding carboxylic acids is 2. The number of rotatable bonds is 6. The number of hydrogen-bond donors (Lipinski definition) is 1. The summed E-state index contributed by atoms with van der Waals surface area (Å²) in [7, 11) is 1.92. The minimum absolute atomic E-state index is 0.00601. The zero-order chi connectivity index (χ0) is 23.4. The highest BCUT2D eigenvalue weighted by atomic mass is 16.5. The van der Waals surface area contributed by atoms with E-state index in [0.29, 0.717) is 36.7 Å². The molecule has 1 aromatic heterocycles. The third-order valence-corrected chi connectivity index (χ3v) is 5.96. The van der Waals surface area contributed by atoms with Crippen molar-refractivity contribution in [3.63, 3.8) is 0 Å². The van der Waals surface area contributed by atoms with E-state index in [9.17, 15) is 9.59 Å². The summed E-state index contributed by atoms with van der Waals surface area (Å²) in [6.07, 6.45) is 5.19. The number of nitrogens with zero attached hydrogens (tertiary/aromatic N) is 3. The van der Waals surface area contributed by atoms with Gasteiger partial charge in [-0.2, -0.15) is 0 Å². The van der Waals surface area contributed by atoms with Gasteiger partial charge in [-0.25, -0.2) is 4.98 Å². The Morgan fingerprint density at radius 3 is 2.52 bits per heavy atom. The van der Waals surface area contributed by atoms with E-state index >= 15 is 0 Å². The summed E-state index contributed by atoms with van der Waals surface area (Å²) >= 11 is 0. The molecule has 2 heterocycles. The molecule has 1 unspecified atom stereocenters. The first-order valence-electron chi connectivity index (χ1n) is 11.3. The SMILES string of the molecule is Cc1cc(C)cc(C(=O)N2CCCC(C(=O)Nc3ccc(OCc4nccn4C)cc3)C2)c1. The maximum absolute atomic E-state index is 13.0. The van der Waals surface area contributed by atoms with Gasteiger partial charge in [0.15, 0.2) is 0 Å². The maximum Gasteiger partial charge on any atom is 0.253 e.